The van der Waals surface area contributed by atoms with E-state index in [9.17, 15) is 4.79 Å². The van der Waals surface area contributed by atoms with E-state index in [1.54, 1.807) is 0 Å². The molecule has 1 aromatic carbocycles. The Hall–Kier alpha value is -1.26. The molecule has 0 N–H and O–H groups in total. The molecule has 2 aliphatic rings. The number of carbonyl (C=O) groups is 1. The molecule has 23 heavy (non-hydrogen) atoms. The van der Waals surface area contributed by atoms with E-state index >= 15 is 0 Å². The predicted octanol–water partition coefficient (Wildman–Crippen LogP) is 4.12. The highest BCUT2D eigenvalue weighted by atomic mass is 35.5. The van der Waals surface area contributed by atoms with Crippen molar-refractivity contribution in [1.82, 2.24) is 9.88 Å². The largest absolute Gasteiger partial charge is 0.440 e. The third kappa shape index (κ3) is 2.43. The molecule has 2 fully saturated rings. The summed E-state index contributed by atoms with van der Waals surface area (Å²) in [5, 5.41) is 0. The first-order valence-corrected chi connectivity index (χ1v) is 8.69. The molecule has 0 bridgehead atoms. The average molecular weight is 353 g/mol. The van der Waals surface area contributed by atoms with Crippen molar-refractivity contribution in [2.75, 3.05) is 13.1 Å². The van der Waals surface area contributed by atoms with E-state index in [-0.39, 0.29) is 11.8 Å². The normalized spacial score (nSPS) is 29.7. The topological polar surface area (TPSA) is 46.3 Å². The second kappa shape index (κ2) is 5.12. The van der Waals surface area contributed by atoms with Crippen LogP contribution >= 0.6 is 23.2 Å². The van der Waals surface area contributed by atoms with Crippen molar-refractivity contribution >= 4 is 40.2 Å². The second-order valence-electron chi connectivity index (χ2n) is 6.82. The molecule has 1 saturated heterocycles. The van der Waals surface area contributed by atoms with Crippen LogP contribution in [0.2, 0.25) is 0 Å². The van der Waals surface area contributed by atoms with Gasteiger partial charge in [0.2, 0.25) is 5.91 Å². The molecule has 1 aliphatic carbocycles. The van der Waals surface area contributed by atoms with E-state index in [4.69, 9.17) is 27.6 Å². The number of rotatable bonds is 2. The number of oxazole rings is 1. The molecule has 2 aromatic rings. The number of piperidine rings is 1. The summed E-state index contributed by atoms with van der Waals surface area (Å²) in [6.07, 6.45) is 2.43. The Balaban J connectivity index is 1.54. The number of hydrogen-bond donors (Lipinski definition) is 0. The highest BCUT2D eigenvalue weighted by molar-refractivity contribution is 6.53. The van der Waals surface area contributed by atoms with Crippen molar-refractivity contribution < 1.29 is 9.21 Å². The predicted molar refractivity (Wildman–Crippen MR) is 89.7 cm³/mol. The van der Waals surface area contributed by atoms with Gasteiger partial charge in [-0.15, -0.1) is 23.2 Å². The second-order valence-corrected chi connectivity index (χ2v) is 8.31. The molecule has 4 nitrogen and oxygen atoms in total. The van der Waals surface area contributed by atoms with Crippen molar-refractivity contribution in [1.29, 1.82) is 0 Å². The maximum Gasteiger partial charge on any atom is 0.231 e. The molecule has 2 atom stereocenters. The van der Waals surface area contributed by atoms with Crippen molar-refractivity contribution in [3.05, 3.63) is 30.2 Å². The number of carbonyl (C=O) groups excluding carboxylic acids is 1. The molecule has 6 heteroatoms. The average Bonchev–Trinajstić information content (AvgIpc) is 2.89. The lowest BCUT2D eigenvalue weighted by atomic mass is 9.96. The molecule has 2 heterocycles. The highest BCUT2D eigenvalue weighted by Crippen LogP contribution is 2.64. The van der Waals surface area contributed by atoms with E-state index in [0.29, 0.717) is 18.9 Å². The first kappa shape index (κ1) is 15.3. The number of aromatic nitrogens is 1. The van der Waals surface area contributed by atoms with Crippen LogP contribution in [0.4, 0.5) is 0 Å². The van der Waals surface area contributed by atoms with Gasteiger partial charge < -0.3 is 9.32 Å². The van der Waals surface area contributed by atoms with Gasteiger partial charge in [0, 0.05) is 13.1 Å². The molecular weight excluding hydrogens is 335 g/mol. The Morgan fingerprint density at radius 2 is 2.13 bits per heavy atom. The van der Waals surface area contributed by atoms with E-state index in [2.05, 4.69) is 4.98 Å². The summed E-state index contributed by atoms with van der Waals surface area (Å²) in [4.78, 5) is 19.2. The van der Waals surface area contributed by atoms with Crippen molar-refractivity contribution in [2.24, 2.45) is 5.41 Å². The monoisotopic (exact) mass is 352 g/mol. The van der Waals surface area contributed by atoms with Crippen LogP contribution in [0.3, 0.4) is 0 Å². The van der Waals surface area contributed by atoms with Gasteiger partial charge in [0.15, 0.2) is 11.5 Å². The highest BCUT2D eigenvalue weighted by Gasteiger charge is 2.68. The minimum Gasteiger partial charge on any atom is -0.440 e. The zero-order chi connectivity index (χ0) is 16.2. The van der Waals surface area contributed by atoms with Gasteiger partial charge in [-0.2, -0.15) is 0 Å². The number of hydrogen-bond acceptors (Lipinski definition) is 3. The number of alkyl halides is 2. The lowest BCUT2D eigenvalue weighted by Crippen LogP contribution is -2.43. The quantitative estimate of drug-likeness (QED) is 0.763. The van der Waals surface area contributed by atoms with Crippen molar-refractivity contribution in [3.63, 3.8) is 0 Å². The van der Waals surface area contributed by atoms with Gasteiger partial charge in [-0.1, -0.05) is 12.1 Å². The number of fused-ring (bicyclic) bond motifs is 1. The number of benzene rings is 1. The third-order valence-corrected chi connectivity index (χ3v) is 6.20. The summed E-state index contributed by atoms with van der Waals surface area (Å²) in [7, 11) is 0. The molecule has 1 aliphatic heterocycles. The Morgan fingerprint density at radius 3 is 2.83 bits per heavy atom. The van der Waals surface area contributed by atoms with Crippen LogP contribution in [0.1, 0.15) is 38.0 Å². The Kier molecular flexibility index (Phi) is 3.40. The number of halogens is 2. The lowest BCUT2D eigenvalue weighted by molar-refractivity contribution is -0.137. The number of para-hydroxylation sites is 2. The van der Waals surface area contributed by atoms with E-state index in [1.807, 2.05) is 36.1 Å². The van der Waals surface area contributed by atoms with E-state index in [1.165, 1.54) is 0 Å². The van der Waals surface area contributed by atoms with Crippen LogP contribution in [0.15, 0.2) is 28.7 Å². The lowest BCUT2D eigenvalue weighted by Gasteiger charge is -2.33. The molecule has 0 spiro atoms. The molecule has 1 aromatic heterocycles. The fraction of sp³-hybridized carbons (Fsp3) is 0.529. The molecule has 4 rings (SSSR count). The van der Waals surface area contributed by atoms with Crippen molar-refractivity contribution in [3.8, 4) is 0 Å². The summed E-state index contributed by atoms with van der Waals surface area (Å²) >= 11 is 12.3. The van der Waals surface area contributed by atoms with Gasteiger partial charge in [-0.3, -0.25) is 4.79 Å². The van der Waals surface area contributed by atoms with Gasteiger partial charge in [0.05, 0.1) is 11.3 Å². The summed E-state index contributed by atoms with van der Waals surface area (Å²) in [5.74, 6) is 0.887. The Morgan fingerprint density at radius 1 is 1.39 bits per heavy atom. The van der Waals surface area contributed by atoms with Crippen molar-refractivity contribution in [2.45, 2.75) is 36.4 Å². The molecule has 0 unspecified atom stereocenters. The number of likely N-dealkylation sites (tertiary alicyclic amines) is 1. The smallest absolute Gasteiger partial charge is 0.231 e. The molecule has 1 saturated carbocycles. The van der Waals surface area contributed by atoms with Crippen LogP contribution in [0.5, 0.6) is 0 Å². The first-order valence-electron chi connectivity index (χ1n) is 7.93. The van der Waals surface area contributed by atoms with Crippen LogP contribution in [0.25, 0.3) is 11.1 Å². The van der Waals surface area contributed by atoms with Gasteiger partial charge >= 0.3 is 0 Å². The summed E-state index contributed by atoms with van der Waals surface area (Å²) in [6, 6.07) is 7.73. The van der Waals surface area contributed by atoms with Gasteiger partial charge in [-0.05, 0) is 38.3 Å². The summed E-state index contributed by atoms with van der Waals surface area (Å²) in [5.41, 5.74) is 1.00. The first-order chi connectivity index (χ1) is 10.9. The minimum atomic E-state index is -0.922. The summed E-state index contributed by atoms with van der Waals surface area (Å²) in [6.45, 7) is 3.21. The Labute approximate surface area is 144 Å². The van der Waals surface area contributed by atoms with Crippen LogP contribution in [0, 0.1) is 5.41 Å². The molecular formula is C17H18Cl2N2O2. The zero-order valence-corrected chi connectivity index (χ0v) is 14.4. The van der Waals surface area contributed by atoms with Crippen LogP contribution in [-0.4, -0.2) is 33.2 Å². The maximum absolute atomic E-state index is 12.8. The molecule has 122 valence electrons. The van der Waals surface area contributed by atoms with Gasteiger partial charge in [0.25, 0.3) is 0 Å². The minimum absolute atomic E-state index is 0.0447. The SMILES string of the molecule is C[C@@]1(C(=O)N2CCC[C@H](c3nc4ccccc4o3)C2)CC1(Cl)Cl. The zero-order valence-electron chi connectivity index (χ0n) is 12.9. The Bertz CT molecular complexity index is 740. The van der Waals surface area contributed by atoms with E-state index < -0.39 is 9.75 Å². The van der Waals surface area contributed by atoms with Gasteiger partial charge in [-0.25, -0.2) is 4.98 Å². The molecule has 0 radical (unpaired) electrons. The number of amides is 1. The maximum atomic E-state index is 12.8. The summed E-state index contributed by atoms with van der Waals surface area (Å²) < 4.78 is 4.95. The number of nitrogens with zero attached hydrogens (tertiary/aromatic N) is 2. The van der Waals surface area contributed by atoms with Crippen LogP contribution < -0.4 is 0 Å². The third-order valence-electron chi connectivity index (χ3n) is 5.10. The fourth-order valence-corrected chi connectivity index (χ4v) is 4.10. The molecule has 1 amide bonds. The van der Waals surface area contributed by atoms with E-state index in [0.717, 1.165) is 30.5 Å². The van der Waals surface area contributed by atoms with Crippen LogP contribution in [-0.2, 0) is 4.79 Å². The van der Waals surface area contributed by atoms with Gasteiger partial charge in [0.1, 0.15) is 9.85 Å². The fourth-order valence-electron chi connectivity index (χ4n) is 3.41. The standard InChI is InChI=1S/C17H18Cl2N2O2/c1-16(10-17(16,18)19)15(22)21-8-4-5-11(9-21)14-20-12-6-2-3-7-13(12)23-14/h2-3,6-7,11H,4-5,8-10H2,1H3/t11-,16-/m0/s1.